The average Bonchev–Trinajstić information content (AvgIpc) is 3.45. The largest absolute Gasteiger partial charge is 0.343 e. The summed E-state index contributed by atoms with van der Waals surface area (Å²) in [7, 11) is 0. The first-order valence-corrected chi connectivity index (χ1v) is 12.2. The first-order chi connectivity index (χ1) is 16.6. The summed E-state index contributed by atoms with van der Waals surface area (Å²) in [4.78, 5) is 7.04. The van der Waals surface area contributed by atoms with Crippen molar-refractivity contribution in [3.8, 4) is 0 Å². The van der Waals surface area contributed by atoms with Gasteiger partial charge in [0, 0.05) is 33.3 Å². The van der Waals surface area contributed by atoms with Gasteiger partial charge in [0.1, 0.15) is 5.84 Å². The summed E-state index contributed by atoms with van der Waals surface area (Å²) in [5.41, 5.74) is 3.66. The number of ether oxygens (including phenoxy) is 1. The van der Waals surface area contributed by atoms with Crippen LogP contribution in [0.4, 0.5) is 0 Å². The fourth-order valence-electron chi connectivity index (χ4n) is 4.26. The zero-order valence-electron chi connectivity index (χ0n) is 19.4. The molecular weight excluding hydrogens is 463 g/mol. The molecule has 0 amide bonds. The highest BCUT2D eigenvalue weighted by atomic mass is 35.5. The molecule has 0 spiro atoms. The highest BCUT2D eigenvalue weighted by Gasteiger charge is 2.51. The van der Waals surface area contributed by atoms with Gasteiger partial charge in [-0.1, -0.05) is 96.0 Å². The van der Waals surface area contributed by atoms with Crippen LogP contribution in [0.25, 0.3) is 6.08 Å². The van der Waals surface area contributed by atoms with Crippen molar-refractivity contribution in [2.24, 2.45) is 4.99 Å². The number of benzene rings is 3. The van der Waals surface area contributed by atoms with E-state index in [1.54, 1.807) is 0 Å². The molecule has 0 fully saturated rings. The molecule has 5 heteroatoms. The monoisotopic (exact) mass is 490 g/mol. The van der Waals surface area contributed by atoms with Crippen LogP contribution in [0.5, 0.6) is 0 Å². The van der Waals surface area contributed by atoms with Crippen molar-refractivity contribution < 1.29 is 4.74 Å². The van der Waals surface area contributed by atoms with Crippen LogP contribution < -0.4 is 0 Å². The summed E-state index contributed by atoms with van der Waals surface area (Å²) < 4.78 is 6.69. The Bertz CT molecular complexity index is 1200. The summed E-state index contributed by atoms with van der Waals surface area (Å²) in [6, 6.07) is 24.0. The third-order valence-electron chi connectivity index (χ3n) is 5.89. The van der Waals surface area contributed by atoms with E-state index in [2.05, 4.69) is 29.2 Å². The summed E-state index contributed by atoms with van der Waals surface area (Å²) >= 11 is 12.2. The Labute approximate surface area is 212 Å². The number of hydrogen-bond acceptors (Lipinski definition) is 3. The predicted octanol–water partition coefficient (Wildman–Crippen LogP) is 7.58. The minimum atomic E-state index is -0.721. The molecule has 1 unspecified atom stereocenters. The molecule has 0 saturated carbocycles. The first kappa shape index (κ1) is 24.3. The number of halogens is 2. The number of allylic oxidation sites excluding steroid dienone is 2. The molecule has 1 atom stereocenters. The van der Waals surface area contributed by atoms with Crippen molar-refractivity contribution in [1.82, 2.24) is 4.90 Å². The van der Waals surface area contributed by atoms with Crippen molar-refractivity contribution >= 4 is 35.1 Å². The molecule has 0 saturated heterocycles. The van der Waals surface area contributed by atoms with Crippen molar-refractivity contribution in [3.63, 3.8) is 0 Å². The Morgan fingerprint density at radius 1 is 0.912 bits per heavy atom. The molecule has 2 aliphatic heterocycles. The fourth-order valence-corrected chi connectivity index (χ4v) is 4.51. The molecule has 5 rings (SSSR count). The highest BCUT2D eigenvalue weighted by molar-refractivity contribution is 6.30. The molecule has 0 bridgehead atoms. The number of nitrogens with zero attached hydrogens (tertiary/aromatic N) is 2. The van der Waals surface area contributed by atoms with Crippen LogP contribution >= 0.6 is 23.2 Å². The average molecular weight is 491 g/mol. The number of aliphatic imine (C=N–C) groups is 1. The molecule has 34 heavy (non-hydrogen) atoms. The van der Waals surface area contributed by atoms with Crippen molar-refractivity contribution in [2.45, 2.75) is 19.6 Å². The minimum absolute atomic E-state index is 0.448. The lowest BCUT2D eigenvalue weighted by Crippen LogP contribution is -2.46. The number of fused-ring (bicyclic) bond motifs is 3. The summed E-state index contributed by atoms with van der Waals surface area (Å²) in [5.74, 6) is 1.00. The number of amidine groups is 1. The van der Waals surface area contributed by atoms with Gasteiger partial charge < -0.3 is 9.64 Å². The van der Waals surface area contributed by atoms with Crippen LogP contribution in [0.2, 0.25) is 10.0 Å². The van der Waals surface area contributed by atoms with Crippen LogP contribution in [0.3, 0.4) is 0 Å². The molecule has 0 radical (unpaired) electrons. The van der Waals surface area contributed by atoms with Gasteiger partial charge in [0.2, 0.25) is 0 Å². The second-order valence-electron chi connectivity index (χ2n) is 7.99. The van der Waals surface area contributed by atoms with Gasteiger partial charge in [-0.05, 0) is 43.7 Å². The molecule has 0 aromatic heterocycles. The lowest BCUT2D eigenvalue weighted by atomic mass is 9.93. The minimum Gasteiger partial charge on any atom is -0.343 e. The SMILES string of the molecule is CC=CC.Clc1ccc(/C=C/COC2(c3ccc(Cl)cc3)c3ccccc3C3=NCCN32)cc1. The Kier molecular flexibility index (Phi) is 7.89. The van der Waals surface area contributed by atoms with Crippen molar-refractivity contribution in [1.29, 1.82) is 0 Å². The standard InChI is InChI=1S/C25H20Cl2N2O.C4H8/c26-20-11-7-18(8-12-20)4-3-17-30-25(19-9-13-21(27)14-10-19)23-6-2-1-5-22(23)24-28-15-16-29(24)25;1-3-4-2/h1-14H,15-17H2;3-4H,1-2H3/b4-3+;. The predicted molar refractivity (Wildman–Crippen MR) is 144 cm³/mol. The highest BCUT2D eigenvalue weighted by Crippen LogP contribution is 2.46. The maximum absolute atomic E-state index is 6.69. The second-order valence-corrected chi connectivity index (χ2v) is 8.86. The smallest absolute Gasteiger partial charge is 0.196 e. The Morgan fingerprint density at radius 3 is 2.24 bits per heavy atom. The third-order valence-corrected chi connectivity index (χ3v) is 6.40. The van der Waals surface area contributed by atoms with E-state index in [0.717, 1.165) is 46.2 Å². The maximum Gasteiger partial charge on any atom is 0.196 e. The quantitative estimate of drug-likeness (QED) is 0.344. The van der Waals surface area contributed by atoms with E-state index < -0.39 is 5.72 Å². The molecular formula is C29H28Cl2N2O. The van der Waals surface area contributed by atoms with Crippen LogP contribution in [-0.4, -0.2) is 30.4 Å². The van der Waals surface area contributed by atoms with Crippen LogP contribution in [-0.2, 0) is 10.5 Å². The normalized spacial score (nSPS) is 18.6. The van der Waals surface area contributed by atoms with Crippen molar-refractivity contribution in [3.05, 3.63) is 123 Å². The summed E-state index contributed by atoms with van der Waals surface area (Å²) in [6.45, 7) is 6.03. The van der Waals surface area contributed by atoms with E-state index >= 15 is 0 Å². The van der Waals surface area contributed by atoms with E-state index in [1.165, 1.54) is 0 Å². The maximum atomic E-state index is 6.69. The van der Waals surface area contributed by atoms with Gasteiger partial charge in [0.05, 0.1) is 13.2 Å². The zero-order chi connectivity index (χ0) is 24.0. The topological polar surface area (TPSA) is 24.8 Å². The van der Waals surface area contributed by atoms with Crippen LogP contribution in [0, 0.1) is 0 Å². The van der Waals surface area contributed by atoms with E-state index in [4.69, 9.17) is 32.9 Å². The Morgan fingerprint density at radius 2 is 1.56 bits per heavy atom. The van der Waals surface area contributed by atoms with Gasteiger partial charge in [-0.3, -0.25) is 4.99 Å². The van der Waals surface area contributed by atoms with Gasteiger partial charge in [-0.25, -0.2) is 0 Å². The van der Waals surface area contributed by atoms with E-state index in [9.17, 15) is 0 Å². The molecule has 174 valence electrons. The number of rotatable bonds is 5. The third kappa shape index (κ3) is 4.83. The van der Waals surface area contributed by atoms with E-state index in [-0.39, 0.29) is 0 Å². The molecule has 2 aliphatic rings. The molecule has 3 aromatic carbocycles. The van der Waals surface area contributed by atoms with E-state index in [1.807, 2.05) is 86.7 Å². The second kappa shape index (κ2) is 11.1. The Hall–Kier alpha value is -2.85. The van der Waals surface area contributed by atoms with Gasteiger partial charge in [-0.15, -0.1) is 0 Å². The van der Waals surface area contributed by atoms with Crippen LogP contribution in [0.15, 0.2) is 96.0 Å². The molecule has 0 aliphatic carbocycles. The van der Waals surface area contributed by atoms with Gasteiger partial charge in [0.25, 0.3) is 0 Å². The fraction of sp³-hybridized carbons (Fsp3) is 0.207. The van der Waals surface area contributed by atoms with Gasteiger partial charge in [-0.2, -0.15) is 0 Å². The molecule has 3 aromatic rings. The van der Waals surface area contributed by atoms with E-state index in [0.29, 0.717) is 11.6 Å². The first-order valence-electron chi connectivity index (χ1n) is 11.4. The molecule has 2 heterocycles. The lowest BCUT2D eigenvalue weighted by Gasteiger charge is -2.38. The summed E-state index contributed by atoms with van der Waals surface area (Å²) in [6.07, 6.45) is 8.08. The molecule has 0 N–H and O–H groups in total. The summed E-state index contributed by atoms with van der Waals surface area (Å²) in [5, 5.41) is 1.44. The van der Waals surface area contributed by atoms with Gasteiger partial charge in [0.15, 0.2) is 5.72 Å². The van der Waals surface area contributed by atoms with Gasteiger partial charge >= 0.3 is 0 Å². The molecule has 3 nitrogen and oxygen atoms in total. The Balaban J connectivity index is 0.000000636. The number of hydrogen-bond donors (Lipinski definition) is 0. The lowest BCUT2D eigenvalue weighted by molar-refractivity contribution is -0.0817. The zero-order valence-corrected chi connectivity index (χ0v) is 20.9. The van der Waals surface area contributed by atoms with Crippen LogP contribution in [0.1, 0.15) is 36.1 Å². The van der Waals surface area contributed by atoms with Crippen molar-refractivity contribution in [2.75, 3.05) is 19.7 Å².